The molecule has 0 radical (unpaired) electrons. The molecular weight excluding hydrogens is 164 g/mol. The van der Waals surface area contributed by atoms with Crippen LogP contribution in [0.1, 0.15) is 6.42 Å². The summed E-state index contributed by atoms with van der Waals surface area (Å²) in [6.45, 7) is 3.98. The third-order valence-corrected chi connectivity index (χ3v) is 3.70. The maximum absolute atomic E-state index is 10.7. The van der Waals surface area contributed by atoms with Crippen LogP contribution in [0.5, 0.6) is 0 Å². The minimum absolute atomic E-state index is 0.319. The van der Waals surface area contributed by atoms with Gasteiger partial charge >= 0.3 is 0 Å². The molecule has 1 heterocycles. The summed E-state index contributed by atoms with van der Waals surface area (Å²) < 4.78 is 26.2. The minimum atomic E-state index is -2.65. The van der Waals surface area contributed by atoms with Crippen LogP contribution in [0.3, 0.4) is 0 Å². The van der Waals surface area contributed by atoms with Crippen molar-refractivity contribution in [1.29, 1.82) is 0 Å². The summed E-state index contributed by atoms with van der Waals surface area (Å²) in [7, 11) is -2.65. The molecule has 11 heavy (non-hydrogen) atoms. The van der Waals surface area contributed by atoms with Gasteiger partial charge in [0.2, 0.25) is 0 Å². The van der Waals surface area contributed by atoms with Crippen LogP contribution < -0.4 is 0 Å². The Morgan fingerprint density at radius 1 is 1.55 bits per heavy atom. The van der Waals surface area contributed by atoms with E-state index >= 15 is 0 Å². The molecule has 0 N–H and O–H groups in total. The largest absolute Gasteiger partial charge is 0.502 e. The van der Waals surface area contributed by atoms with Gasteiger partial charge in [-0.25, -0.2) is 8.42 Å². The van der Waals surface area contributed by atoms with Gasteiger partial charge in [0.05, 0.1) is 24.4 Å². The Labute approximate surface area is 67.0 Å². The lowest BCUT2D eigenvalue weighted by atomic mass is 10.1. The van der Waals surface area contributed by atoms with Crippen LogP contribution in [0.2, 0.25) is 0 Å². The van der Waals surface area contributed by atoms with Crippen molar-refractivity contribution in [3.05, 3.63) is 12.8 Å². The van der Waals surface area contributed by atoms with Gasteiger partial charge in [-0.15, -0.1) is 0 Å². The number of rotatable bonds is 4. The Morgan fingerprint density at radius 3 is 2.64 bits per heavy atom. The van der Waals surface area contributed by atoms with Gasteiger partial charge in [0.15, 0.2) is 9.84 Å². The van der Waals surface area contributed by atoms with Crippen LogP contribution in [-0.2, 0) is 14.6 Å². The number of ether oxygens (including phenoxy) is 1. The Kier molecular flexibility index (Phi) is 2.54. The lowest BCUT2D eigenvalue weighted by Crippen LogP contribution is -2.36. The van der Waals surface area contributed by atoms with Crippen LogP contribution in [0.15, 0.2) is 12.8 Å². The minimum Gasteiger partial charge on any atom is -0.502 e. The van der Waals surface area contributed by atoms with E-state index in [0.717, 1.165) is 6.42 Å². The monoisotopic (exact) mass is 176 g/mol. The predicted molar refractivity (Wildman–Crippen MR) is 42.9 cm³/mol. The number of hydrogen-bond acceptors (Lipinski definition) is 3. The maximum Gasteiger partial charge on any atom is 0.150 e. The van der Waals surface area contributed by atoms with E-state index in [4.69, 9.17) is 4.74 Å². The van der Waals surface area contributed by atoms with Crippen molar-refractivity contribution in [2.75, 3.05) is 18.1 Å². The second-order valence-electron chi connectivity index (χ2n) is 2.77. The maximum atomic E-state index is 10.7. The van der Waals surface area contributed by atoms with Crippen LogP contribution in [0.25, 0.3) is 0 Å². The Bertz CT molecular complexity index is 218. The van der Waals surface area contributed by atoms with Crippen molar-refractivity contribution in [3.63, 3.8) is 0 Å². The first kappa shape index (κ1) is 8.59. The van der Waals surface area contributed by atoms with Gasteiger partial charge in [-0.2, -0.15) is 0 Å². The van der Waals surface area contributed by atoms with Crippen LogP contribution in [0.4, 0.5) is 0 Å². The van der Waals surface area contributed by atoms with Gasteiger partial charge in [-0.3, -0.25) is 0 Å². The van der Waals surface area contributed by atoms with Crippen molar-refractivity contribution >= 4 is 9.84 Å². The highest BCUT2D eigenvalue weighted by atomic mass is 32.2. The molecular formula is C7H12O3S. The van der Waals surface area contributed by atoms with Crippen molar-refractivity contribution in [1.82, 2.24) is 0 Å². The van der Waals surface area contributed by atoms with Gasteiger partial charge in [-0.1, -0.05) is 6.58 Å². The fourth-order valence-corrected chi connectivity index (χ4v) is 2.83. The van der Waals surface area contributed by atoms with E-state index < -0.39 is 9.84 Å². The van der Waals surface area contributed by atoms with Crippen LogP contribution >= 0.6 is 0 Å². The van der Waals surface area contributed by atoms with Gasteiger partial charge < -0.3 is 4.74 Å². The quantitative estimate of drug-likeness (QED) is 0.465. The summed E-state index contributed by atoms with van der Waals surface area (Å²) >= 11 is 0. The van der Waals surface area contributed by atoms with Gasteiger partial charge in [0.1, 0.15) is 0 Å². The lowest BCUT2D eigenvalue weighted by Gasteiger charge is -2.24. The second kappa shape index (κ2) is 3.26. The molecule has 1 fully saturated rings. The van der Waals surface area contributed by atoms with Crippen molar-refractivity contribution in [2.24, 2.45) is 5.92 Å². The van der Waals surface area contributed by atoms with Crippen molar-refractivity contribution < 1.29 is 13.2 Å². The Hall–Kier alpha value is -0.510. The summed E-state index contributed by atoms with van der Waals surface area (Å²) in [5.74, 6) is 1.00. The molecule has 1 saturated heterocycles. The number of sulfone groups is 1. The molecule has 0 spiro atoms. The molecule has 0 atom stereocenters. The predicted octanol–water partition coefficient (Wildman–Crippen LogP) is 0.581. The smallest absolute Gasteiger partial charge is 0.150 e. The molecule has 0 amide bonds. The third-order valence-electron chi connectivity index (χ3n) is 1.74. The zero-order valence-electron chi connectivity index (χ0n) is 6.32. The van der Waals surface area contributed by atoms with Crippen molar-refractivity contribution in [2.45, 2.75) is 6.42 Å². The standard InChI is InChI=1S/C7H12O3S/c1-2-10-4-3-7-5-11(8,9)6-7/h2,7H,1,3-6H2. The molecule has 0 aliphatic carbocycles. The first-order chi connectivity index (χ1) is 5.14. The van der Waals surface area contributed by atoms with E-state index in [-0.39, 0.29) is 0 Å². The second-order valence-corrected chi connectivity index (χ2v) is 4.92. The highest BCUT2D eigenvalue weighted by Crippen LogP contribution is 2.21. The summed E-state index contributed by atoms with van der Waals surface area (Å²) in [6, 6.07) is 0. The lowest BCUT2D eigenvalue weighted by molar-refractivity contribution is 0.228. The summed E-state index contributed by atoms with van der Waals surface area (Å²) in [5, 5.41) is 0. The molecule has 4 heteroatoms. The van der Waals surface area contributed by atoms with E-state index in [9.17, 15) is 8.42 Å². The van der Waals surface area contributed by atoms with E-state index in [1.807, 2.05) is 0 Å². The highest BCUT2D eigenvalue weighted by Gasteiger charge is 2.32. The van der Waals surface area contributed by atoms with Gasteiger partial charge in [0.25, 0.3) is 0 Å². The molecule has 0 saturated carbocycles. The topological polar surface area (TPSA) is 43.4 Å². The molecule has 0 unspecified atom stereocenters. The van der Waals surface area contributed by atoms with Crippen LogP contribution in [-0.4, -0.2) is 26.5 Å². The molecule has 3 nitrogen and oxygen atoms in total. The molecule has 1 rings (SSSR count). The summed E-state index contributed by atoms with van der Waals surface area (Å²) in [6.07, 6.45) is 2.21. The first-order valence-corrected chi connectivity index (χ1v) is 5.39. The molecule has 0 bridgehead atoms. The zero-order chi connectivity index (χ0) is 8.32. The van der Waals surface area contributed by atoms with E-state index in [1.165, 1.54) is 6.26 Å². The van der Waals surface area contributed by atoms with Crippen molar-refractivity contribution in [3.8, 4) is 0 Å². The average molecular weight is 176 g/mol. The average Bonchev–Trinajstić information content (AvgIpc) is 1.84. The molecule has 1 aliphatic rings. The first-order valence-electron chi connectivity index (χ1n) is 3.57. The normalized spacial score (nSPS) is 22.2. The molecule has 0 aromatic heterocycles. The molecule has 0 aromatic rings. The van der Waals surface area contributed by atoms with E-state index in [2.05, 4.69) is 6.58 Å². The third kappa shape index (κ3) is 2.54. The molecule has 1 aliphatic heterocycles. The molecule has 64 valence electrons. The summed E-state index contributed by atoms with van der Waals surface area (Å²) in [4.78, 5) is 0. The Morgan fingerprint density at radius 2 is 2.18 bits per heavy atom. The van der Waals surface area contributed by atoms with E-state index in [1.54, 1.807) is 0 Å². The number of hydrogen-bond donors (Lipinski definition) is 0. The summed E-state index contributed by atoms with van der Waals surface area (Å²) in [5.41, 5.74) is 0. The van der Waals surface area contributed by atoms with Crippen LogP contribution in [0, 0.1) is 5.92 Å². The SMILES string of the molecule is C=COCCC1CS(=O)(=O)C1. The molecule has 0 aromatic carbocycles. The zero-order valence-corrected chi connectivity index (χ0v) is 7.14. The van der Waals surface area contributed by atoms with Gasteiger partial charge in [0, 0.05) is 0 Å². The van der Waals surface area contributed by atoms with E-state index in [0.29, 0.717) is 24.0 Å². The fourth-order valence-electron chi connectivity index (χ4n) is 1.15. The van der Waals surface area contributed by atoms with Gasteiger partial charge in [-0.05, 0) is 12.3 Å². The Balaban J connectivity index is 2.09. The fraction of sp³-hybridized carbons (Fsp3) is 0.714. The highest BCUT2D eigenvalue weighted by molar-refractivity contribution is 7.92.